The molecule has 200 valence electrons. The van der Waals surface area contributed by atoms with E-state index in [0.29, 0.717) is 29.1 Å². The first-order valence-corrected chi connectivity index (χ1v) is 13.4. The van der Waals surface area contributed by atoms with Crippen molar-refractivity contribution < 1.29 is 9.90 Å². The number of aromatic amines is 2. The molecular formula is C25H30ClN9O3. The Kier molecular flexibility index (Phi) is 6.56. The van der Waals surface area contributed by atoms with Crippen LogP contribution in [0.5, 0.6) is 5.88 Å². The van der Waals surface area contributed by atoms with Gasteiger partial charge in [0.15, 0.2) is 6.17 Å². The van der Waals surface area contributed by atoms with Gasteiger partial charge in [-0.05, 0) is 37.3 Å². The fourth-order valence-corrected chi connectivity index (χ4v) is 5.33. The number of aliphatic imine (C=N–C) groups is 2. The van der Waals surface area contributed by atoms with E-state index in [0.717, 1.165) is 44.3 Å². The van der Waals surface area contributed by atoms with E-state index < -0.39 is 17.9 Å². The van der Waals surface area contributed by atoms with Crippen LogP contribution in [0.4, 0.5) is 0 Å². The van der Waals surface area contributed by atoms with Crippen LogP contribution in [0.15, 0.2) is 44.1 Å². The van der Waals surface area contributed by atoms with Crippen molar-refractivity contribution in [3.8, 4) is 5.88 Å². The summed E-state index contributed by atoms with van der Waals surface area (Å²) in [7, 11) is 0. The summed E-state index contributed by atoms with van der Waals surface area (Å²) in [4.78, 5) is 41.4. The lowest BCUT2D eigenvalue weighted by Crippen LogP contribution is -2.56. The Morgan fingerprint density at radius 2 is 2.03 bits per heavy atom. The van der Waals surface area contributed by atoms with E-state index in [4.69, 9.17) is 21.6 Å². The van der Waals surface area contributed by atoms with Gasteiger partial charge in [-0.1, -0.05) is 29.8 Å². The molecule has 0 bridgehead atoms. The number of fused-ring (bicyclic) bond motifs is 1. The fraction of sp³-hybridized carbons (Fsp3) is 0.480. The van der Waals surface area contributed by atoms with E-state index in [1.165, 1.54) is 0 Å². The second-order valence-electron chi connectivity index (χ2n) is 10.1. The summed E-state index contributed by atoms with van der Waals surface area (Å²) in [6, 6.07) is 7.31. The molecule has 13 heteroatoms. The largest absolute Gasteiger partial charge is 0.493 e. The molecule has 1 saturated carbocycles. The number of hydrogen-bond acceptors (Lipinski definition) is 7. The zero-order valence-corrected chi connectivity index (χ0v) is 21.5. The van der Waals surface area contributed by atoms with Crippen molar-refractivity contribution in [2.24, 2.45) is 21.0 Å². The van der Waals surface area contributed by atoms with Crippen molar-refractivity contribution in [3.63, 3.8) is 0 Å². The Morgan fingerprint density at radius 1 is 1.24 bits per heavy atom. The van der Waals surface area contributed by atoms with E-state index in [9.17, 15) is 14.7 Å². The summed E-state index contributed by atoms with van der Waals surface area (Å²) in [5.41, 5.74) is 0.729. The highest BCUT2D eigenvalue weighted by Crippen LogP contribution is 2.31. The summed E-state index contributed by atoms with van der Waals surface area (Å²) < 4.78 is 0. The summed E-state index contributed by atoms with van der Waals surface area (Å²) in [5, 5.41) is 23.6. The Bertz CT molecular complexity index is 1360. The number of aromatic nitrogens is 2. The number of carbonyl (C=O) groups excluding carboxylic acids is 1. The summed E-state index contributed by atoms with van der Waals surface area (Å²) in [6.45, 7) is 1.55. The highest BCUT2D eigenvalue weighted by atomic mass is 35.5. The quantitative estimate of drug-likeness (QED) is 0.361. The predicted molar refractivity (Wildman–Crippen MR) is 143 cm³/mol. The second-order valence-corrected chi connectivity index (χ2v) is 10.5. The van der Waals surface area contributed by atoms with Crippen LogP contribution in [0.3, 0.4) is 0 Å². The number of likely N-dealkylation sites (tertiary alicyclic amines) is 1. The molecule has 3 unspecified atom stereocenters. The molecule has 5 N–H and O–H groups in total. The number of imidazole rings is 1. The molecule has 1 aliphatic carbocycles. The third kappa shape index (κ3) is 5.13. The van der Waals surface area contributed by atoms with Crippen LogP contribution < -0.4 is 16.3 Å². The van der Waals surface area contributed by atoms with Gasteiger partial charge in [-0.25, -0.2) is 19.8 Å². The lowest BCUT2D eigenvalue weighted by atomic mass is 10.0. The van der Waals surface area contributed by atoms with Crippen molar-refractivity contribution in [1.29, 1.82) is 0 Å². The van der Waals surface area contributed by atoms with Crippen LogP contribution in [-0.2, 0) is 11.2 Å². The lowest BCUT2D eigenvalue weighted by Gasteiger charge is -2.33. The Hall–Kier alpha value is -3.80. The van der Waals surface area contributed by atoms with Crippen molar-refractivity contribution in [2.45, 2.75) is 56.8 Å². The summed E-state index contributed by atoms with van der Waals surface area (Å²) in [5.74, 6) is 0.681. The van der Waals surface area contributed by atoms with Crippen LogP contribution in [0.1, 0.15) is 49.4 Å². The summed E-state index contributed by atoms with van der Waals surface area (Å²) >= 11 is 6.57. The predicted octanol–water partition coefficient (Wildman–Crippen LogP) is 1.67. The van der Waals surface area contributed by atoms with Crippen molar-refractivity contribution in [2.75, 3.05) is 13.1 Å². The maximum atomic E-state index is 13.1. The number of guanidine groups is 2. The zero-order valence-electron chi connectivity index (χ0n) is 20.7. The molecule has 12 nitrogen and oxygen atoms in total. The molecule has 1 aromatic heterocycles. The van der Waals surface area contributed by atoms with Crippen molar-refractivity contribution >= 4 is 35.6 Å². The number of H-pyrrole nitrogens is 2. The number of amides is 1. The number of hydrogen-bond donors (Lipinski definition) is 5. The van der Waals surface area contributed by atoms with E-state index in [-0.39, 0.29) is 30.2 Å². The van der Waals surface area contributed by atoms with Crippen LogP contribution in [0.25, 0.3) is 0 Å². The lowest BCUT2D eigenvalue weighted by molar-refractivity contribution is -0.130. The zero-order chi connectivity index (χ0) is 26.2. The van der Waals surface area contributed by atoms with Crippen LogP contribution >= 0.6 is 11.6 Å². The molecule has 1 saturated heterocycles. The molecule has 2 aromatic rings. The SMILES string of the molecule is O=C(CC(NC1=NC2C(Cc3[nH]c(=O)[nH]c3O)C=NN2C(=NC2CC2)N1)c1ccccc1Cl)N1CCCC1. The Morgan fingerprint density at radius 3 is 2.74 bits per heavy atom. The highest BCUT2D eigenvalue weighted by Gasteiger charge is 2.40. The molecule has 2 fully saturated rings. The molecule has 1 amide bonds. The van der Waals surface area contributed by atoms with Crippen LogP contribution in [-0.4, -0.2) is 74.3 Å². The number of hydrazone groups is 1. The van der Waals surface area contributed by atoms with Gasteiger partial charge in [0, 0.05) is 36.7 Å². The molecule has 38 heavy (non-hydrogen) atoms. The minimum atomic E-state index is -0.471. The Labute approximate surface area is 223 Å². The van der Waals surface area contributed by atoms with Gasteiger partial charge in [-0.2, -0.15) is 5.10 Å². The maximum Gasteiger partial charge on any atom is 0.325 e. The average molecular weight is 540 g/mol. The molecule has 0 spiro atoms. The third-order valence-corrected chi connectivity index (χ3v) is 7.57. The van der Waals surface area contributed by atoms with Crippen LogP contribution in [0.2, 0.25) is 5.02 Å². The van der Waals surface area contributed by atoms with Gasteiger partial charge in [0.05, 0.1) is 24.2 Å². The van der Waals surface area contributed by atoms with Gasteiger partial charge < -0.3 is 20.3 Å². The van der Waals surface area contributed by atoms with Gasteiger partial charge in [-0.3, -0.25) is 15.1 Å². The first kappa shape index (κ1) is 24.5. The molecule has 0 radical (unpaired) electrons. The smallest absolute Gasteiger partial charge is 0.325 e. The van der Waals surface area contributed by atoms with Gasteiger partial charge in [0.2, 0.25) is 23.7 Å². The molecule has 3 aliphatic heterocycles. The molecule has 4 aliphatic rings. The van der Waals surface area contributed by atoms with Gasteiger partial charge in [0.25, 0.3) is 0 Å². The van der Waals surface area contributed by atoms with E-state index >= 15 is 0 Å². The molecular weight excluding hydrogens is 510 g/mol. The topological polar surface area (TPSA) is 154 Å². The second kappa shape index (κ2) is 10.2. The fourth-order valence-electron chi connectivity index (χ4n) is 5.07. The third-order valence-electron chi connectivity index (χ3n) is 7.23. The van der Waals surface area contributed by atoms with E-state index in [1.807, 2.05) is 29.2 Å². The number of rotatable bonds is 7. The van der Waals surface area contributed by atoms with Gasteiger partial charge in [0.1, 0.15) is 0 Å². The average Bonchev–Trinajstić information content (AvgIpc) is 3.25. The van der Waals surface area contributed by atoms with E-state index in [1.54, 1.807) is 11.2 Å². The summed E-state index contributed by atoms with van der Waals surface area (Å²) in [6.07, 6.45) is 5.93. The molecule has 1 aromatic carbocycles. The highest BCUT2D eigenvalue weighted by molar-refractivity contribution is 6.31. The van der Waals surface area contributed by atoms with E-state index in [2.05, 4.69) is 25.7 Å². The monoisotopic (exact) mass is 539 g/mol. The van der Waals surface area contributed by atoms with Gasteiger partial charge in [-0.15, -0.1) is 0 Å². The molecule has 3 atom stereocenters. The van der Waals surface area contributed by atoms with Crippen molar-refractivity contribution in [3.05, 3.63) is 51.0 Å². The normalized spacial score (nSPS) is 24.3. The molecule has 6 rings (SSSR count). The number of benzene rings is 1. The number of aromatic hydroxyl groups is 1. The minimum absolute atomic E-state index is 0.0683. The first-order chi connectivity index (χ1) is 18.4. The van der Waals surface area contributed by atoms with Crippen molar-refractivity contribution in [1.82, 2.24) is 30.5 Å². The number of nitrogens with one attached hydrogen (secondary N) is 4. The Balaban J connectivity index is 1.29. The number of halogens is 1. The maximum absolute atomic E-state index is 13.1. The molecule has 4 heterocycles. The van der Waals surface area contributed by atoms with Crippen LogP contribution in [0, 0.1) is 5.92 Å². The number of nitrogens with zero attached hydrogens (tertiary/aromatic N) is 5. The number of carbonyl (C=O) groups is 1. The van der Waals surface area contributed by atoms with Gasteiger partial charge >= 0.3 is 5.69 Å². The minimum Gasteiger partial charge on any atom is -0.493 e. The standard InChI is InChI=1S/C25H30ClN9O3/c26-17-6-2-1-5-16(17)18(12-20(36)34-9-3-4-10-34)29-23-31-21-14(11-19-22(37)32-25(38)30-19)13-27-35(21)24(33-23)28-15-7-8-15/h1-2,5-6,13-15,18,21,37H,3-4,7-12H2,(H2,30,32,38)(H2,28,29,31,33). The first-order valence-electron chi connectivity index (χ1n) is 13.0.